The summed E-state index contributed by atoms with van der Waals surface area (Å²) in [5.41, 5.74) is 0. The number of unbranched alkanes of at least 4 members (excludes halogenated alkanes) is 1. The van der Waals surface area contributed by atoms with Crippen LogP contribution < -0.4 is 5.32 Å². The molecule has 0 radical (unpaired) electrons. The van der Waals surface area contributed by atoms with Gasteiger partial charge in [0.25, 0.3) is 0 Å². The van der Waals surface area contributed by atoms with Gasteiger partial charge >= 0.3 is 0 Å². The summed E-state index contributed by atoms with van der Waals surface area (Å²) in [6, 6.07) is 3.99. The monoisotopic (exact) mass is 247 g/mol. The zero-order valence-electron chi connectivity index (χ0n) is 9.09. The lowest BCUT2D eigenvalue weighted by molar-refractivity contribution is 0.133. The Morgan fingerprint density at radius 3 is 2.93 bits per heavy atom. The van der Waals surface area contributed by atoms with Crippen LogP contribution in [0.4, 0.5) is 0 Å². The van der Waals surface area contributed by atoms with Crippen LogP contribution in [0.2, 0.25) is 4.34 Å². The Morgan fingerprint density at radius 1 is 1.40 bits per heavy atom. The molecule has 0 aliphatic heterocycles. The summed E-state index contributed by atoms with van der Waals surface area (Å²) in [6.45, 7) is 5.62. The van der Waals surface area contributed by atoms with Crippen molar-refractivity contribution in [3.05, 3.63) is 21.3 Å². The smallest absolute Gasteiger partial charge is 0.0931 e. The van der Waals surface area contributed by atoms with Crippen molar-refractivity contribution < 1.29 is 4.74 Å². The molecule has 0 unspecified atom stereocenters. The third kappa shape index (κ3) is 6.15. The van der Waals surface area contributed by atoms with E-state index >= 15 is 0 Å². The molecule has 0 saturated heterocycles. The fourth-order valence-corrected chi connectivity index (χ4v) is 2.21. The molecule has 0 fully saturated rings. The lowest BCUT2D eigenvalue weighted by Gasteiger charge is -2.04. The molecule has 0 aliphatic rings. The van der Waals surface area contributed by atoms with Gasteiger partial charge in [0.2, 0.25) is 0 Å². The Kier molecular flexibility index (Phi) is 7.01. The van der Waals surface area contributed by atoms with Crippen LogP contribution in [0.1, 0.15) is 24.6 Å². The number of thiophene rings is 1. The van der Waals surface area contributed by atoms with E-state index in [9.17, 15) is 0 Å². The van der Waals surface area contributed by atoms with Crippen molar-refractivity contribution in [1.29, 1.82) is 0 Å². The first-order valence-electron chi connectivity index (χ1n) is 5.35. The van der Waals surface area contributed by atoms with Crippen molar-refractivity contribution in [3.8, 4) is 0 Å². The molecule has 86 valence electrons. The molecule has 1 N–H and O–H groups in total. The van der Waals surface area contributed by atoms with Crippen LogP contribution in [-0.2, 0) is 11.3 Å². The van der Waals surface area contributed by atoms with E-state index in [2.05, 4.69) is 18.3 Å². The van der Waals surface area contributed by atoms with Crippen molar-refractivity contribution in [2.75, 3.05) is 19.8 Å². The van der Waals surface area contributed by atoms with Gasteiger partial charge in [-0.05, 0) is 18.6 Å². The largest absolute Gasteiger partial charge is 0.380 e. The lowest BCUT2D eigenvalue weighted by Crippen LogP contribution is -2.18. The molecule has 1 aromatic rings. The van der Waals surface area contributed by atoms with Crippen LogP contribution in [0.25, 0.3) is 0 Å². The van der Waals surface area contributed by atoms with E-state index in [0.717, 1.165) is 37.1 Å². The van der Waals surface area contributed by atoms with E-state index in [4.69, 9.17) is 16.3 Å². The molecule has 0 spiro atoms. The molecule has 0 saturated carbocycles. The first kappa shape index (κ1) is 13.0. The average Bonchev–Trinajstić information content (AvgIpc) is 2.63. The van der Waals surface area contributed by atoms with Gasteiger partial charge in [-0.2, -0.15) is 0 Å². The SMILES string of the molecule is CCCCOCCNCc1ccc(Cl)s1. The van der Waals surface area contributed by atoms with E-state index in [1.54, 1.807) is 11.3 Å². The van der Waals surface area contributed by atoms with Gasteiger partial charge in [0.15, 0.2) is 0 Å². The van der Waals surface area contributed by atoms with E-state index in [-0.39, 0.29) is 0 Å². The highest BCUT2D eigenvalue weighted by atomic mass is 35.5. The Morgan fingerprint density at radius 2 is 2.27 bits per heavy atom. The molecule has 1 aromatic heterocycles. The van der Waals surface area contributed by atoms with Crippen molar-refractivity contribution in [2.24, 2.45) is 0 Å². The summed E-state index contributed by atoms with van der Waals surface area (Å²) in [4.78, 5) is 1.27. The number of hydrogen-bond donors (Lipinski definition) is 1. The third-order valence-corrected chi connectivity index (χ3v) is 3.22. The van der Waals surface area contributed by atoms with Crippen LogP contribution >= 0.6 is 22.9 Å². The predicted molar refractivity (Wildman–Crippen MR) is 66.8 cm³/mol. The minimum atomic E-state index is 0.791. The molecule has 0 aliphatic carbocycles. The lowest BCUT2D eigenvalue weighted by atomic mass is 10.4. The van der Waals surface area contributed by atoms with E-state index in [1.807, 2.05) is 6.07 Å². The zero-order chi connectivity index (χ0) is 10.9. The van der Waals surface area contributed by atoms with Gasteiger partial charge in [-0.25, -0.2) is 0 Å². The predicted octanol–water partition coefficient (Wildman–Crippen LogP) is 3.31. The Labute approximate surface area is 101 Å². The minimum absolute atomic E-state index is 0.791. The minimum Gasteiger partial charge on any atom is -0.380 e. The van der Waals surface area contributed by atoms with Gasteiger partial charge in [-0.3, -0.25) is 0 Å². The topological polar surface area (TPSA) is 21.3 Å². The maximum atomic E-state index is 5.82. The Bertz CT molecular complexity index is 265. The van der Waals surface area contributed by atoms with Crippen molar-refractivity contribution in [1.82, 2.24) is 5.32 Å². The Hall–Kier alpha value is -0.0900. The Balaban J connectivity index is 1.93. The van der Waals surface area contributed by atoms with Gasteiger partial charge in [-0.1, -0.05) is 24.9 Å². The maximum Gasteiger partial charge on any atom is 0.0931 e. The van der Waals surface area contributed by atoms with Gasteiger partial charge in [0, 0.05) is 24.6 Å². The number of ether oxygens (including phenoxy) is 1. The van der Waals surface area contributed by atoms with E-state index in [0.29, 0.717) is 0 Å². The summed E-state index contributed by atoms with van der Waals surface area (Å²) in [5, 5.41) is 3.32. The second-order valence-corrected chi connectivity index (χ2v) is 5.15. The highest BCUT2D eigenvalue weighted by molar-refractivity contribution is 7.16. The van der Waals surface area contributed by atoms with Gasteiger partial charge in [0.1, 0.15) is 0 Å². The summed E-state index contributed by atoms with van der Waals surface area (Å²) in [7, 11) is 0. The first-order chi connectivity index (χ1) is 7.33. The fourth-order valence-electron chi connectivity index (χ4n) is 1.15. The summed E-state index contributed by atoms with van der Waals surface area (Å²) < 4.78 is 6.28. The summed E-state index contributed by atoms with van der Waals surface area (Å²) >= 11 is 7.45. The van der Waals surface area contributed by atoms with E-state index in [1.165, 1.54) is 11.3 Å². The molecule has 0 atom stereocenters. The molecule has 15 heavy (non-hydrogen) atoms. The molecule has 0 aromatic carbocycles. The van der Waals surface area contributed by atoms with Gasteiger partial charge in [-0.15, -0.1) is 11.3 Å². The average molecular weight is 248 g/mol. The van der Waals surface area contributed by atoms with E-state index < -0.39 is 0 Å². The molecule has 2 nitrogen and oxygen atoms in total. The summed E-state index contributed by atoms with van der Waals surface area (Å²) in [6.07, 6.45) is 2.35. The van der Waals surface area contributed by atoms with Crippen LogP contribution in [0.15, 0.2) is 12.1 Å². The standard InChI is InChI=1S/C11H18ClNOS/c1-2-3-7-14-8-6-13-9-10-4-5-11(12)15-10/h4-5,13H,2-3,6-9H2,1H3. The number of hydrogen-bond acceptors (Lipinski definition) is 3. The van der Waals surface area contributed by atoms with Gasteiger partial charge < -0.3 is 10.1 Å². The third-order valence-electron chi connectivity index (χ3n) is 1.99. The molecule has 1 rings (SSSR count). The zero-order valence-corrected chi connectivity index (χ0v) is 10.7. The normalized spacial score (nSPS) is 10.8. The quantitative estimate of drug-likeness (QED) is 0.712. The van der Waals surface area contributed by atoms with Gasteiger partial charge in [0.05, 0.1) is 10.9 Å². The maximum absolute atomic E-state index is 5.82. The second-order valence-electron chi connectivity index (χ2n) is 3.35. The molecule has 1 heterocycles. The number of rotatable bonds is 8. The molecule has 4 heteroatoms. The number of nitrogens with one attached hydrogen (secondary N) is 1. The van der Waals surface area contributed by atoms with Crippen molar-refractivity contribution in [3.63, 3.8) is 0 Å². The second kappa shape index (κ2) is 8.11. The van der Waals surface area contributed by atoms with Crippen LogP contribution in [-0.4, -0.2) is 19.8 Å². The highest BCUT2D eigenvalue weighted by Gasteiger charge is 1.96. The molecular weight excluding hydrogens is 230 g/mol. The van der Waals surface area contributed by atoms with Crippen LogP contribution in [0, 0.1) is 0 Å². The summed E-state index contributed by atoms with van der Waals surface area (Å²) in [5.74, 6) is 0. The molecule has 0 amide bonds. The van der Waals surface area contributed by atoms with Crippen LogP contribution in [0.5, 0.6) is 0 Å². The first-order valence-corrected chi connectivity index (χ1v) is 6.55. The number of halogens is 1. The fraction of sp³-hybridized carbons (Fsp3) is 0.636. The van der Waals surface area contributed by atoms with Crippen LogP contribution in [0.3, 0.4) is 0 Å². The van der Waals surface area contributed by atoms with Crippen molar-refractivity contribution >= 4 is 22.9 Å². The molecule has 0 bridgehead atoms. The molecular formula is C11H18ClNOS. The highest BCUT2D eigenvalue weighted by Crippen LogP contribution is 2.20. The van der Waals surface area contributed by atoms with Crippen molar-refractivity contribution in [2.45, 2.75) is 26.3 Å².